The Morgan fingerprint density at radius 1 is 0.886 bits per heavy atom. The highest BCUT2D eigenvalue weighted by Gasteiger charge is 2.31. The number of rotatable bonds is 6. The third kappa shape index (κ3) is 5.08. The van der Waals surface area contributed by atoms with Gasteiger partial charge in [-0.15, -0.1) is 0 Å². The summed E-state index contributed by atoms with van der Waals surface area (Å²) in [4.78, 5) is 30.9. The molecule has 1 atom stereocenters. The molecule has 0 N–H and O–H groups in total. The van der Waals surface area contributed by atoms with Gasteiger partial charge in [0.1, 0.15) is 0 Å². The lowest BCUT2D eigenvalue weighted by molar-refractivity contribution is 0.0877. The Hall–Kier alpha value is -3.24. The maximum absolute atomic E-state index is 13.4. The number of Topliss-reactive ketones (excluding diaryl/α,β-unsaturated/α-hetero) is 1. The number of ketones is 1. The number of nitrogens with zero attached hydrogens (tertiary/aromatic N) is 2. The quantitative estimate of drug-likeness (QED) is 0.449. The average molecular weight is 467 g/mol. The van der Waals surface area contributed by atoms with Crippen LogP contribution in [0.1, 0.15) is 63.4 Å². The van der Waals surface area contributed by atoms with Gasteiger partial charge in [-0.3, -0.25) is 9.59 Å². The smallest absolute Gasteiger partial charge is 0.258 e. The minimum absolute atomic E-state index is 0.0477. The number of hydrogen-bond donors (Lipinski definition) is 0. The van der Waals surface area contributed by atoms with Crippen LogP contribution in [0.25, 0.3) is 0 Å². The van der Waals surface area contributed by atoms with E-state index in [1.54, 1.807) is 11.9 Å². The fraction of sp³-hybridized carbons (Fsp3) is 0.355. The monoisotopic (exact) mass is 466 g/mol. The summed E-state index contributed by atoms with van der Waals surface area (Å²) in [5.74, 6) is 0.857. The minimum Gasteiger partial charge on any atom is -0.311 e. The number of amides is 1. The van der Waals surface area contributed by atoms with Gasteiger partial charge in [0.15, 0.2) is 5.78 Å². The molecular formula is C31H34N2O2. The topological polar surface area (TPSA) is 40.6 Å². The molecular weight excluding hydrogens is 432 g/mol. The fourth-order valence-corrected chi connectivity index (χ4v) is 5.74. The Morgan fingerprint density at radius 3 is 2.29 bits per heavy atom. The molecule has 4 heteroatoms. The van der Waals surface area contributed by atoms with Crippen LogP contribution < -0.4 is 4.90 Å². The third-order valence-corrected chi connectivity index (χ3v) is 7.89. The standard InChI is InChI=1S/C31H34N2O2/c1-32(26-11-6-3-7-12-26)31(35)29-14-8-13-28-27(29)16-15-25(30(28)34)19-22-33-20-17-24(18-21-33)23-9-4-2-5-10-23/h2-14,24-25H,15-22H2,1H3. The average Bonchev–Trinajstić information content (AvgIpc) is 2.93. The van der Waals surface area contributed by atoms with E-state index < -0.39 is 0 Å². The molecule has 4 nitrogen and oxygen atoms in total. The van der Waals surface area contributed by atoms with E-state index in [9.17, 15) is 9.59 Å². The van der Waals surface area contributed by atoms with Gasteiger partial charge in [0, 0.05) is 29.8 Å². The van der Waals surface area contributed by atoms with Crippen LogP contribution >= 0.6 is 0 Å². The summed E-state index contributed by atoms with van der Waals surface area (Å²) in [6.45, 7) is 3.17. The Balaban J connectivity index is 1.20. The van der Waals surface area contributed by atoms with Gasteiger partial charge >= 0.3 is 0 Å². The van der Waals surface area contributed by atoms with Crippen molar-refractivity contribution in [2.75, 3.05) is 31.6 Å². The number of fused-ring (bicyclic) bond motifs is 1. The zero-order valence-electron chi connectivity index (χ0n) is 20.5. The summed E-state index contributed by atoms with van der Waals surface area (Å²) in [6, 6.07) is 26.1. The Bertz CT molecular complexity index is 1170. The van der Waals surface area contributed by atoms with E-state index in [1.807, 2.05) is 48.5 Å². The number of likely N-dealkylation sites (tertiary alicyclic amines) is 1. The van der Waals surface area contributed by atoms with E-state index in [1.165, 1.54) is 18.4 Å². The molecule has 0 radical (unpaired) electrons. The van der Waals surface area contributed by atoms with Crippen LogP contribution in [0.4, 0.5) is 5.69 Å². The van der Waals surface area contributed by atoms with Crippen molar-refractivity contribution in [3.05, 3.63) is 101 Å². The Kier molecular flexibility index (Phi) is 7.10. The normalized spacial score (nSPS) is 18.8. The second-order valence-corrected chi connectivity index (χ2v) is 9.95. The zero-order valence-corrected chi connectivity index (χ0v) is 20.5. The molecule has 1 aliphatic carbocycles. The lowest BCUT2D eigenvalue weighted by atomic mass is 9.79. The van der Waals surface area contributed by atoms with Crippen LogP contribution in [0.3, 0.4) is 0 Å². The molecule has 1 aliphatic heterocycles. The number of benzene rings is 3. The number of hydrogen-bond acceptors (Lipinski definition) is 3. The molecule has 3 aromatic carbocycles. The summed E-state index contributed by atoms with van der Waals surface area (Å²) in [5.41, 5.74) is 4.63. The maximum Gasteiger partial charge on any atom is 0.258 e. The van der Waals surface area contributed by atoms with E-state index in [0.29, 0.717) is 11.5 Å². The first-order valence-electron chi connectivity index (χ1n) is 12.9. The molecule has 1 amide bonds. The van der Waals surface area contributed by atoms with Crippen LogP contribution in [0, 0.1) is 5.92 Å². The van der Waals surface area contributed by atoms with E-state index in [-0.39, 0.29) is 17.6 Å². The minimum atomic E-state index is -0.0550. The second-order valence-electron chi connectivity index (χ2n) is 9.95. The summed E-state index contributed by atoms with van der Waals surface area (Å²) in [6.07, 6.45) is 4.88. The Morgan fingerprint density at radius 2 is 1.57 bits per heavy atom. The van der Waals surface area contributed by atoms with E-state index >= 15 is 0 Å². The predicted octanol–water partition coefficient (Wildman–Crippen LogP) is 5.98. The number of carbonyl (C=O) groups is 2. The highest BCUT2D eigenvalue weighted by molar-refractivity contribution is 6.10. The third-order valence-electron chi connectivity index (χ3n) is 7.89. The van der Waals surface area contributed by atoms with Crippen molar-refractivity contribution in [3.8, 4) is 0 Å². The van der Waals surface area contributed by atoms with E-state index in [2.05, 4.69) is 35.2 Å². The molecule has 5 rings (SSSR count). The maximum atomic E-state index is 13.4. The van der Waals surface area contributed by atoms with Gasteiger partial charge in [0.25, 0.3) is 5.91 Å². The first-order chi connectivity index (χ1) is 17.1. The van der Waals surface area contributed by atoms with E-state index in [4.69, 9.17) is 0 Å². The van der Waals surface area contributed by atoms with Crippen molar-refractivity contribution < 1.29 is 9.59 Å². The van der Waals surface area contributed by atoms with Gasteiger partial charge in [-0.25, -0.2) is 0 Å². The molecule has 1 unspecified atom stereocenters. The van der Waals surface area contributed by atoms with Crippen LogP contribution in [-0.4, -0.2) is 43.3 Å². The first kappa shape index (κ1) is 23.5. The van der Waals surface area contributed by atoms with Gasteiger partial charge < -0.3 is 9.80 Å². The molecule has 3 aromatic rings. The van der Waals surface area contributed by atoms with Gasteiger partial charge in [0.05, 0.1) is 0 Å². The highest BCUT2D eigenvalue weighted by Crippen LogP contribution is 2.32. The van der Waals surface area contributed by atoms with Crippen LogP contribution in [0.2, 0.25) is 0 Å². The van der Waals surface area contributed by atoms with Crippen molar-refractivity contribution in [2.45, 2.75) is 38.0 Å². The summed E-state index contributed by atoms with van der Waals surface area (Å²) >= 11 is 0. The molecule has 0 bridgehead atoms. The Labute approximate surface area is 208 Å². The zero-order chi connectivity index (χ0) is 24.2. The summed E-state index contributed by atoms with van der Waals surface area (Å²) in [5, 5.41) is 0. The largest absolute Gasteiger partial charge is 0.311 e. The van der Waals surface area contributed by atoms with Crippen LogP contribution in [0.5, 0.6) is 0 Å². The first-order valence-corrected chi connectivity index (χ1v) is 12.9. The molecule has 35 heavy (non-hydrogen) atoms. The van der Waals surface area contributed by atoms with Gasteiger partial charge in [0.2, 0.25) is 0 Å². The molecule has 2 aliphatic rings. The number of piperidine rings is 1. The van der Waals surface area contributed by atoms with Crippen molar-refractivity contribution in [1.82, 2.24) is 4.90 Å². The van der Waals surface area contributed by atoms with Crippen molar-refractivity contribution in [2.24, 2.45) is 5.92 Å². The fourth-order valence-electron chi connectivity index (χ4n) is 5.74. The molecule has 180 valence electrons. The molecule has 1 fully saturated rings. The van der Waals surface area contributed by atoms with Gasteiger partial charge in [-0.2, -0.15) is 0 Å². The molecule has 1 saturated heterocycles. The molecule has 0 aromatic heterocycles. The van der Waals surface area contributed by atoms with Gasteiger partial charge in [-0.1, -0.05) is 60.7 Å². The second kappa shape index (κ2) is 10.6. The van der Waals surface area contributed by atoms with Gasteiger partial charge in [-0.05, 0) is 87.0 Å². The lowest BCUT2D eigenvalue weighted by Crippen LogP contribution is -2.36. The highest BCUT2D eigenvalue weighted by atomic mass is 16.2. The van der Waals surface area contributed by atoms with Crippen LogP contribution in [0.15, 0.2) is 78.9 Å². The predicted molar refractivity (Wildman–Crippen MR) is 141 cm³/mol. The number of para-hydroxylation sites is 1. The van der Waals surface area contributed by atoms with Crippen molar-refractivity contribution in [3.63, 3.8) is 0 Å². The molecule has 1 heterocycles. The van der Waals surface area contributed by atoms with E-state index in [0.717, 1.165) is 55.7 Å². The number of anilines is 1. The lowest BCUT2D eigenvalue weighted by Gasteiger charge is -2.33. The van der Waals surface area contributed by atoms with Crippen molar-refractivity contribution >= 4 is 17.4 Å². The SMILES string of the molecule is CN(C(=O)c1cccc2c1CCC(CCN1CCC(c3ccccc3)CC1)C2=O)c1ccccc1. The molecule has 0 saturated carbocycles. The van der Waals surface area contributed by atoms with Crippen LogP contribution in [-0.2, 0) is 6.42 Å². The molecule has 0 spiro atoms. The van der Waals surface area contributed by atoms with Crippen molar-refractivity contribution in [1.29, 1.82) is 0 Å². The summed E-state index contributed by atoms with van der Waals surface area (Å²) in [7, 11) is 1.80. The summed E-state index contributed by atoms with van der Waals surface area (Å²) < 4.78 is 0. The number of carbonyl (C=O) groups excluding carboxylic acids is 2.